The van der Waals surface area contributed by atoms with Crippen molar-refractivity contribution in [1.29, 1.82) is 5.26 Å². The predicted octanol–water partition coefficient (Wildman–Crippen LogP) is 5.11. The van der Waals surface area contributed by atoms with Crippen LogP contribution in [0.4, 0.5) is 23.2 Å². The number of nitrogens with zero attached hydrogens (tertiary/aromatic N) is 1. The molecule has 0 radical (unpaired) electrons. The van der Waals surface area contributed by atoms with Crippen LogP contribution in [-0.4, -0.2) is 11.8 Å². The lowest BCUT2D eigenvalue weighted by Gasteiger charge is -2.19. The van der Waals surface area contributed by atoms with E-state index >= 15 is 0 Å². The summed E-state index contributed by atoms with van der Waals surface area (Å²) < 4.78 is 52.9. The van der Waals surface area contributed by atoms with Gasteiger partial charge in [-0.3, -0.25) is 9.59 Å². The van der Waals surface area contributed by atoms with E-state index in [2.05, 4.69) is 10.6 Å². The van der Waals surface area contributed by atoms with Crippen molar-refractivity contribution >= 4 is 17.5 Å². The van der Waals surface area contributed by atoms with E-state index in [0.29, 0.717) is 23.8 Å². The monoisotopic (exact) mass is 453 g/mol. The number of aryl methyl sites for hydroxylation is 1. The third-order valence-electron chi connectivity index (χ3n) is 5.39. The van der Waals surface area contributed by atoms with Crippen LogP contribution in [0.2, 0.25) is 0 Å². The minimum atomic E-state index is -4.83. The molecule has 3 aromatic rings. The van der Waals surface area contributed by atoms with Gasteiger partial charge in [-0.05, 0) is 48.4 Å². The number of carbonyl (C=O) groups is 2. The van der Waals surface area contributed by atoms with Crippen LogP contribution in [0.1, 0.15) is 54.6 Å². The summed E-state index contributed by atoms with van der Waals surface area (Å²) in [5.74, 6) is -2.72. The lowest BCUT2D eigenvalue weighted by atomic mass is 9.91. The largest absolute Gasteiger partial charge is 0.416 e. The van der Waals surface area contributed by atoms with Gasteiger partial charge in [0, 0.05) is 16.8 Å². The summed E-state index contributed by atoms with van der Waals surface area (Å²) in [6.07, 6.45) is -4.83. The Kier molecular flexibility index (Phi) is 5.38. The number of nitrogens with one attached hydrogen (secondary N) is 2. The van der Waals surface area contributed by atoms with Crippen molar-refractivity contribution in [3.63, 3.8) is 0 Å². The molecule has 5 nitrogen and oxygen atoms in total. The standard InChI is InChI=1S/C24H15F4N3O2/c1-12-4-2-3-5-17(12)21-20-18(7-6-13(11-29)19(20)23(33)31-21)30-22(32)14-8-15(24(26,27)28)10-16(25)9-14/h2-10,21H,1H3,(H,30,32)(H,31,33)/t21-/m0/s1. The van der Waals surface area contributed by atoms with Gasteiger partial charge in [0.15, 0.2) is 0 Å². The molecule has 0 saturated carbocycles. The number of anilines is 1. The molecule has 0 saturated heterocycles. The van der Waals surface area contributed by atoms with Gasteiger partial charge >= 0.3 is 6.18 Å². The normalized spacial score (nSPS) is 14.9. The van der Waals surface area contributed by atoms with Gasteiger partial charge in [0.1, 0.15) is 5.82 Å². The molecule has 2 N–H and O–H groups in total. The smallest absolute Gasteiger partial charge is 0.341 e. The zero-order valence-corrected chi connectivity index (χ0v) is 17.0. The van der Waals surface area contributed by atoms with Crippen molar-refractivity contribution in [2.75, 3.05) is 5.32 Å². The predicted molar refractivity (Wildman–Crippen MR) is 111 cm³/mol. The molecule has 166 valence electrons. The van der Waals surface area contributed by atoms with Crippen LogP contribution >= 0.6 is 0 Å². The van der Waals surface area contributed by atoms with E-state index in [1.165, 1.54) is 12.1 Å². The highest BCUT2D eigenvalue weighted by atomic mass is 19.4. The van der Waals surface area contributed by atoms with Gasteiger partial charge in [0.05, 0.1) is 28.8 Å². The third-order valence-corrected chi connectivity index (χ3v) is 5.39. The number of halogens is 4. The molecule has 1 atom stereocenters. The summed E-state index contributed by atoms with van der Waals surface area (Å²) in [5.41, 5.74) is 0.320. The number of hydrogen-bond donors (Lipinski definition) is 2. The Labute approximate surface area is 185 Å². The number of fused-ring (bicyclic) bond motifs is 1. The highest BCUT2D eigenvalue weighted by Gasteiger charge is 2.36. The van der Waals surface area contributed by atoms with E-state index in [4.69, 9.17) is 0 Å². The molecule has 1 aliphatic rings. The van der Waals surface area contributed by atoms with Gasteiger partial charge in [0.2, 0.25) is 0 Å². The fourth-order valence-electron chi connectivity index (χ4n) is 3.86. The highest BCUT2D eigenvalue weighted by molar-refractivity contribution is 6.08. The van der Waals surface area contributed by atoms with Crippen molar-refractivity contribution < 1.29 is 27.2 Å². The van der Waals surface area contributed by atoms with Gasteiger partial charge in [-0.1, -0.05) is 24.3 Å². The molecule has 0 spiro atoms. The van der Waals surface area contributed by atoms with Crippen LogP contribution in [0.25, 0.3) is 0 Å². The van der Waals surface area contributed by atoms with Gasteiger partial charge in [-0.15, -0.1) is 0 Å². The van der Waals surface area contributed by atoms with Crippen LogP contribution in [0, 0.1) is 24.1 Å². The maximum Gasteiger partial charge on any atom is 0.416 e. The van der Waals surface area contributed by atoms with Gasteiger partial charge in [0.25, 0.3) is 11.8 Å². The molecule has 0 unspecified atom stereocenters. The van der Waals surface area contributed by atoms with Crippen molar-refractivity contribution in [2.45, 2.75) is 19.1 Å². The summed E-state index contributed by atoms with van der Waals surface area (Å²) >= 11 is 0. The summed E-state index contributed by atoms with van der Waals surface area (Å²) in [5, 5.41) is 14.7. The zero-order chi connectivity index (χ0) is 23.9. The molecule has 2 amide bonds. The maximum absolute atomic E-state index is 13.8. The van der Waals surface area contributed by atoms with Crippen molar-refractivity contribution in [2.24, 2.45) is 0 Å². The summed E-state index contributed by atoms with van der Waals surface area (Å²) in [4.78, 5) is 25.5. The molecule has 0 aromatic heterocycles. The average Bonchev–Trinajstić information content (AvgIpc) is 3.11. The van der Waals surface area contributed by atoms with Crippen molar-refractivity contribution in [3.8, 4) is 6.07 Å². The second-order valence-electron chi connectivity index (χ2n) is 7.50. The third kappa shape index (κ3) is 4.03. The van der Waals surface area contributed by atoms with E-state index in [-0.39, 0.29) is 16.8 Å². The molecule has 9 heteroatoms. The average molecular weight is 453 g/mol. The number of amides is 2. The molecule has 1 aliphatic heterocycles. The van der Waals surface area contributed by atoms with E-state index in [0.717, 1.165) is 11.1 Å². The SMILES string of the molecule is Cc1ccccc1[C@@H]1NC(=O)c2c(C#N)ccc(NC(=O)c3cc(F)cc(C(F)(F)F)c3)c21. The fraction of sp³-hybridized carbons (Fsp3) is 0.125. The number of benzene rings is 3. The number of alkyl halides is 3. The van der Waals surface area contributed by atoms with E-state index < -0.39 is 41.0 Å². The summed E-state index contributed by atoms with van der Waals surface area (Å²) in [6, 6.07) is 12.7. The maximum atomic E-state index is 13.8. The van der Waals surface area contributed by atoms with Gasteiger partial charge in [-0.25, -0.2) is 4.39 Å². The quantitative estimate of drug-likeness (QED) is 0.541. The Bertz CT molecular complexity index is 1340. The summed E-state index contributed by atoms with van der Waals surface area (Å²) in [6.45, 7) is 1.83. The van der Waals surface area contributed by atoms with Crippen LogP contribution in [0.3, 0.4) is 0 Å². The van der Waals surface area contributed by atoms with Gasteiger partial charge < -0.3 is 10.6 Å². The number of rotatable bonds is 3. The first-order valence-electron chi connectivity index (χ1n) is 9.72. The molecule has 0 bridgehead atoms. The zero-order valence-electron chi connectivity index (χ0n) is 17.0. The summed E-state index contributed by atoms with van der Waals surface area (Å²) in [7, 11) is 0. The minimum Gasteiger partial charge on any atom is -0.341 e. The Hall–Kier alpha value is -4.19. The first-order valence-corrected chi connectivity index (χ1v) is 9.72. The highest BCUT2D eigenvalue weighted by Crippen LogP contribution is 2.39. The lowest BCUT2D eigenvalue weighted by molar-refractivity contribution is -0.137. The molecule has 0 aliphatic carbocycles. The van der Waals surface area contributed by atoms with Crippen LogP contribution < -0.4 is 10.6 Å². The first kappa shape index (κ1) is 22.0. The Morgan fingerprint density at radius 3 is 2.52 bits per heavy atom. The Morgan fingerprint density at radius 2 is 1.85 bits per heavy atom. The van der Waals surface area contributed by atoms with E-state index in [1.807, 2.05) is 25.1 Å². The first-order chi connectivity index (χ1) is 15.6. The number of hydrogen-bond acceptors (Lipinski definition) is 3. The minimum absolute atomic E-state index is 0.0683. The van der Waals surface area contributed by atoms with Crippen LogP contribution in [0.15, 0.2) is 54.6 Å². The van der Waals surface area contributed by atoms with E-state index in [9.17, 15) is 32.4 Å². The molecule has 3 aromatic carbocycles. The lowest BCUT2D eigenvalue weighted by Crippen LogP contribution is -2.21. The van der Waals surface area contributed by atoms with E-state index in [1.54, 1.807) is 12.1 Å². The molecule has 4 rings (SSSR count). The molecular weight excluding hydrogens is 438 g/mol. The molecule has 0 fully saturated rings. The van der Waals surface area contributed by atoms with Crippen LogP contribution in [-0.2, 0) is 6.18 Å². The van der Waals surface area contributed by atoms with Gasteiger partial charge in [-0.2, -0.15) is 18.4 Å². The second kappa shape index (κ2) is 8.06. The molecule has 33 heavy (non-hydrogen) atoms. The topological polar surface area (TPSA) is 82.0 Å². The molecular formula is C24H15F4N3O2. The number of carbonyl (C=O) groups excluding carboxylic acids is 2. The second-order valence-corrected chi connectivity index (χ2v) is 7.50. The van der Waals surface area contributed by atoms with Crippen LogP contribution in [0.5, 0.6) is 0 Å². The Morgan fingerprint density at radius 1 is 1.12 bits per heavy atom. The number of nitriles is 1. The fourth-order valence-corrected chi connectivity index (χ4v) is 3.86. The Balaban J connectivity index is 1.80. The molecule has 1 heterocycles. The van der Waals surface area contributed by atoms with Crippen molar-refractivity contribution in [1.82, 2.24) is 5.32 Å². The van der Waals surface area contributed by atoms with Crippen molar-refractivity contribution in [3.05, 3.63) is 99.4 Å².